The molecule has 27 heavy (non-hydrogen) atoms. The molecule has 0 unspecified atom stereocenters. The van der Waals surface area contributed by atoms with Gasteiger partial charge in [0.2, 0.25) is 0 Å². The molecule has 0 atom stereocenters. The van der Waals surface area contributed by atoms with Crippen molar-refractivity contribution < 1.29 is 9.53 Å². The third-order valence-electron chi connectivity index (χ3n) is 4.65. The highest BCUT2D eigenvalue weighted by Gasteiger charge is 2.32. The van der Waals surface area contributed by atoms with Gasteiger partial charge in [0.1, 0.15) is 5.75 Å². The molecule has 4 nitrogen and oxygen atoms in total. The number of amidine groups is 1. The highest BCUT2D eigenvalue weighted by Crippen LogP contribution is 2.34. The molecule has 140 valence electrons. The van der Waals surface area contributed by atoms with E-state index in [-0.39, 0.29) is 5.91 Å². The SMILES string of the molecule is CCN1C(=O)/C(=C\c2ccc(C)c(OC)c2)SC1=Nc1ccc(C)c(C)c1. The Morgan fingerprint density at radius 2 is 1.81 bits per heavy atom. The van der Waals surface area contributed by atoms with E-state index in [0.29, 0.717) is 11.4 Å². The van der Waals surface area contributed by atoms with Crippen LogP contribution in [0.1, 0.15) is 29.2 Å². The first kappa shape index (κ1) is 19.2. The quantitative estimate of drug-likeness (QED) is 0.681. The van der Waals surface area contributed by atoms with E-state index in [2.05, 4.69) is 19.9 Å². The summed E-state index contributed by atoms with van der Waals surface area (Å²) in [6.07, 6.45) is 1.90. The van der Waals surface area contributed by atoms with Gasteiger partial charge < -0.3 is 4.74 Å². The molecule has 2 aromatic rings. The number of aryl methyl sites for hydroxylation is 3. The Morgan fingerprint density at radius 1 is 1.07 bits per heavy atom. The first-order chi connectivity index (χ1) is 12.9. The van der Waals surface area contributed by atoms with Crippen LogP contribution in [-0.2, 0) is 4.79 Å². The molecule has 0 saturated carbocycles. The van der Waals surface area contributed by atoms with E-state index >= 15 is 0 Å². The standard InChI is InChI=1S/C22H24N2O2S/c1-6-24-21(25)20(13-17-9-7-15(3)19(12-17)26-5)27-22(24)23-18-10-8-14(2)16(4)11-18/h7-13H,6H2,1-5H3/b20-13+,23-22?. The van der Waals surface area contributed by atoms with Crippen molar-refractivity contribution in [2.24, 2.45) is 4.99 Å². The minimum absolute atomic E-state index is 0.00961. The summed E-state index contributed by atoms with van der Waals surface area (Å²) < 4.78 is 5.39. The molecule has 0 spiro atoms. The van der Waals surface area contributed by atoms with E-state index in [0.717, 1.165) is 27.7 Å². The Bertz CT molecular complexity index is 947. The fourth-order valence-corrected chi connectivity index (χ4v) is 3.92. The molecule has 0 aromatic heterocycles. The minimum Gasteiger partial charge on any atom is -0.496 e. The molecular formula is C22H24N2O2S. The summed E-state index contributed by atoms with van der Waals surface area (Å²) in [5.41, 5.74) is 5.30. The molecule has 0 radical (unpaired) electrons. The molecule has 5 heteroatoms. The summed E-state index contributed by atoms with van der Waals surface area (Å²) in [7, 11) is 1.65. The van der Waals surface area contributed by atoms with Crippen molar-refractivity contribution in [2.45, 2.75) is 27.7 Å². The Hall–Kier alpha value is -2.53. The van der Waals surface area contributed by atoms with Gasteiger partial charge in [0.15, 0.2) is 5.17 Å². The maximum Gasteiger partial charge on any atom is 0.266 e. The first-order valence-corrected chi connectivity index (χ1v) is 9.76. The van der Waals surface area contributed by atoms with Crippen LogP contribution in [0.25, 0.3) is 6.08 Å². The zero-order valence-corrected chi connectivity index (χ0v) is 17.2. The number of carbonyl (C=O) groups excluding carboxylic acids is 1. The molecule has 1 saturated heterocycles. The summed E-state index contributed by atoms with van der Waals surface area (Å²) in [5.74, 6) is 0.806. The van der Waals surface area contributed by atoms with Crippen molar-refractivity contribution in [2.75, 3.05) is 13.7 Å². The van der Waals surface area contributed by atoms with Crippen LogP contribution in [0.2, 0.25) is 0 Å². The minimum atomic E-state index is -0.00961. The molecule has 1 fully saturated rings. The number of benzene rings is 2. The van der Waals surface area contributed by atoms with Crippen LogP contribution in [-0.4, -0.2) is 29.6 Å². The Kier molecular flexibility index (Phi) is 5.71. The lowest BCUT2D eigenvalue weighted by Crippen LogP contribution is -2.28. The van der Waals surface area contributed by atoms with Gasteiger partial charge in [-0.1, -0.05) is 18.2 Å². The molecule has 1 amide bonds. The summed E-state index contributed by atoms with van der Waals surface area (Å²) >= 11 is 1.42. The predicted octanol–water partition coefficient (Wildman–Crippen LogP) is 5.24. The first-order valence-electron chi connectivity index (χ1n) is 8.95. The zero-order chi connectivity index (χ0) is 19.6. The van der Waals surface area contributed by atoms with Crippen molar-refractivity contribution in [3.8, 4) is 5.75 Å². The number of likely N-dealkylation sites (N-methyl/N-ethyl adjacent to an activating group) is 1. The largest absolute Gasteiger partial charge is 0.496 e. The van der Waals surface area contributed by atoms with E-state index in [1.54, 1.807) is 12.0 Å². The number of thioether (sulfide) groups is 1. The molecule has 1 aliphatic rings. The maximum absolute atomic E-state index is 12.8. The zero-order valence-electron chi connectivity index (χ0n) is 16.4. The number of hydrogen-bond acceptors (Lipinski definition) is 4. The summed E-state index contributed by atoms with van der Waals surface area (Å²) in [6.45, 7) is 8.70. The number of rotatable bonds is 4. The lowest BCUT2D eigenvalue weighted by Gasteiger charge is -2.12. The predicted molar refractivity (Wildman–Crippen MR) is 114 cm³/mol. The van der Waals surface area contributed by atoms with Crippen LogP contribution < -0.4 is 4.74 Å². The molecule has 0 N–H and O–H groups in total. The highest BCUT2D eigenvalue weighted by molar-refractivity contribution is 8.18. The van der Waals surface area contributed by atoms with Gasteiger partial charge in [-0.05, 0) is 86.0 Å². The van der Waals surface area contributed by atoms with Gasteiger partial charge in [-0.2, -0.15) is 0 Å². The van der Waals surface area contributed by atoms with Crippen LogP contribution in [0.15, 0.2) is 46.3 Å². The number of ether oxygens (including phenoxy) is 1. The Balaban J connectivity index is 1.94. The monoisotopic (exact) mass is 380 g/mol. The lowest BCUT2D eigenvalue weighted by atomic mass is 10.1. The van der Waals surface area contributed by atoms with Crippen molar-refractivity contribution in [1.82, 2.24) is 4.90 Å². The highest BCUT2D eigenvalue weighted by atomic mass is 32.2. The van der Waals surface area contributed by atoms with E-state index < -0.39 is 0 Å². The lowest BCUT2D eigenvalue weighted by molar-refractivity contribution is -0.122. The fourth-order valence-electron chi connectivity index (χ4n) is 2.85. The van der Waals surface area contributed by atoms with Gasteiger partial charge in [-0.25, -0.2) is 4.99 Å². The Morgan fingerprint density at radius 3 is 2.48 bits per heavy atom. The molecule has 1 heterocycles. The van der Waals surface area contributed by atoms with E-state index in [9.17, 15) is 4.79 Å². The van der Waals surface area contributed by atoms with Gasteiger partial charge >= 0.3 is 0 Å². The van der Waals surface area contributed by atoms with Crippen molar-refractivity contribution in [3.63, 3.8) is 0 Å². The Labute approximate surface area is 164 Å². The third-order valence-corrected chi connectivity index (χ3v) is 5.66. The molecule has 0 aliphatic carbocycles. The van der Waals surface area contributed by atoms with E-state index in [1.807, 2.05) is 50.3 Å². The number of carbonyl (C=O) groups is 1. The van der Waals surface area contributed by atoms with Crippen LogP contribution in [0.3, 0.4) is 0 Å². The van der Waals surface area contributed by atoms with Gasteiger partial charge in [-0.15, -0.1) is 0 Å². The number of methoxy groups -OCH3 is 1. The molecule has 2 aromatic carbocycles. The summed E-state index contributed by atoms with van der Waals surface area (Å²) in [6, 6.07) is 12.0. The van der Waals surface area contributed by atoms with Crippen LogP contribution >= 0.6 is 11.8 Å². The van der Waals surface area contributed by atoms with Crippen molar-refractivity contribution in [3.05, 3.63) is 63.6 Å². The number of aliphatic imine (C=N–C) groups is 1. The van der Waals surface area contributed by atoms with Gasteiger partial charge in [0, 0.05) is 6.54 Å². The topological polar surface area (TPSA) is 41.9 Å². The molecule has 1 aliphatic heterocycles. The third kappa shape index (κ3) is 4.08. The van der Waals surface area contributed by atoms with Gasteiger partial charge in [0.25, 0.3) is 5.91 Å². The van der Waals surface area contributed by atoms with Crippen LogP contribution in [0.5, 0.6) is 5.75 Å². The van der Waals surface area contributed by atoms with Crippen LogP contribution in [0.4, 0.5) is 5.69 Å². The van der Waals surface area contributed by atoms with E-state index in [1.165, 1.54) is 22.9 Å². The summed E-state index contributed by atoms with van der Waals surface area (Å²) in [5, 5.41) is 0.719. The number of hydrogen-bond donors (Lipinski definition) is 0. The normalized spacial score (nSPS) is 17.2. The fraction of sp³-hybridized carbons (Fsp3) is 0.273. The van der Waals surface area contributed by atoms with Gasteiger partial charge in [-0.3, -0.25) is 9.69 Å². The average Bonchev–Trinajstić information content (AvgIpc) is 2.94. The van der Waals surface area contributed by atoms with Crippen LogP contribution in [0, 0.1) is 20.8 Å². The number of nitrogens with zero attached hydrogens (tertiary/aromatic N) is 2. The molecule has 3 rings (SSSR count). The van der Waals surface area contributed by atoms with E-state index in [4.69, 9.17) is 9.73 Å². The molecule has 0 bridgehead atoms. The summed E-state index contributed by atoms with van der Waals surface area (Å²) in [4.78, 5) is 19.9. The maximum atomic E-state index is 12.8. The second kappa shape index (κ2) is 8.01. The second-order valence-electron chi connectivity index (χ2n) is 6.55. The van der Waals surface area contributed by atoms with Crippen molar-refractivity contribution >= 4 is 34.6 Å². The second-order valence-corrected chi connectivity index (χ2v) is 7.56. The smallest absolute Gasteiger partial charge is 0.266 e. The van der Waals surface area contributed by atoms with Gasteiger partial charge in [0.05, 0.1) is 17.7 Å². The molecular weight excluding hydrogens is 356 g/mol. The number of amides is 1. The van der Waals surface area contributed by atoms with Crippen molar-refractivity contribution in [1.29, 1.82) is 0 Å². The average molecular weight is 381 g/mol.